The second-order valence-electron chi connectivity index (χ2n) is 7.40. The lowest BCUT2D eigenvalue weighted by atomic mass is 9.64. The average Bonchev–Trinajstić information content (AvgIpc) is 3.03. The van der Waals surface area contributed by atoms with E-state index in [0.29, 0.717) is 23.0 Å². The monoisotopic (exact) mass is 352 g/mol. The van der Waals surface area contributed by atoms with Gasteiger partial charge in [0.2, 0.25) is 0 Å². The Balaban J connectivity index is 1.38. The first-order valence-electron chi connectivity index (χ1n) is 8.99. The third-order valence-electron chi connectivity index (χ3n) is 5.80. The maximum Gasteiger partial charge on any atom is 0.272 e. The highest BCUT2D eigenvalue weighted by Gasteiger charge is 2.42. The number of fused-ring (bicyclic) bond motifs is 1. The van der Waals surface area contributed by atoms with Gasteiger partial charge >= 0.3 is 0 Å². The van der Waals surface area contributed by atoms with Gasteiger partial charge in [0.05, 0.1) is 5.69 Å². The summed E-state index contributed by atoms with van der Waals surface area (Å²) < 4.78 is 5.76. The first kappa shape index (κ1) is 15.4. The molecule has 1 saturated carbocycles. The number of aromatic amines is 1. The molecule has 134 valence electrons. The molecule has 0 radical (unpaired) electrons. The fourth-order valence-electron chi connectivity index (χ4n) is 4.37. The Bertz CT molecular complexity index is 900. The predicted molar refractivity (Wildman–Crippen MR) is 94.4 cm³/mol. The lowest BCUT2D eigenvalue weighted by Gasteiger charge is -2.40. The minimum atomic E-state index is -0.745. The number of ether oxygens (including phenoxy) is 1. The molecule has 0 unspecified atom stereocenters. The van der Waals surface area contributed by atoms with Crippen LogP contribution in [0.5, 0.6) is 5.75 Å². The van der Waals surface area contributed by atoms with Crippen LogP contribution in [-0.2, 0) is 11.2 Å². The van der Waals surface area contributed by atoms with Gasteiger partial charge in [-0.3, -0.25) is 14.7 Å². The molecular formula is C19H20N4O3. The zero-order valence-electron chi connectivity index (χ0n) is 14.5. The van der Waals surface area contributed by atoms with Crippen LogP contribution < -0.4 is 15.0 Å². The Morgan fingerprint density at radius 1 is 1.35 bits per heavy atom. The standard InChI is InChI=1S/C19H20N4O3/c1-23-14-4-2-3-5-15(14)26-9-13(19(23)25)20-18(24)17-16-11-6-10(7-11)8-12(16)21-22-17/h2-5,10-11,13H,6-9H2,1H3,(H,20,24)(H,21,22)/t10?,11?,13-/m0/s1. The number of carbonyl (C=O) groups excluding carboxylic acids is 2. The van der Waals surface area contributed by atoms with Gasteiger partial charge in [-0.2, -0.15) is 5.10 Å². The fourth-order valence-corrected chi connectivity index (χ4v) is 4.37. The summed E-state index contributed by atoms with van der Waals surface area (Å²) in [6, 6.07) is 6.62. The van der Waals surface area contributed by atoms with Crippen LogP contribution in [0, 0.1) is 5.92 Å². The van der Waals surface area contributed by atoms with Crippen LogP contribution in [0.1, 0.15) is 40.5 Å². The normalized spacial score (nSPS) is 26.1. The molecule has 7 nitrogen and oxygen atoms in total. The molecule has 7 heteroatoms. The van der Waals surface area contributed by atoms with Crippen LogP contribution in [0.25, 0.3) is 0 Å². The predicted octanol–water partition coefficient (Wildman–Crippen LogP) is 1.61. The molecule has 2 N–H and O–H groups in total. The summed E-state index contributed by atoms with van der Waals surface area (Å²) >= 11 is 0. The largest absolute Gasteiger partial charge is 0.489 e. The highest BCUT2D eigenvalue weighted by molar-refractivity contribution is 6.03. The molecule has 2 heterocycles. The third-order valence-corrected chi connectivity index (χ3v) is 5.80. The van der Waals surface area contributed by atoms with Crippen LogP contribution in [0.15, 0.2) is 24.3 Å². The Kier molecular flexibility index (Phi) is 3.32. The van der Waals surface area contributed by atoms with Gasteiger partial charge in [-0.25, -0.2) is 0 Å². The second-order valence-corrected chi connectivity index (χ2v) is 7.40. The van der Waals surface area contributed by atoms with Crippen molar-refractivity contribution in [1.82, 2.24) is 15.5 Å². The Morgan fingerprint density at radius 2 is 2.15 bits per heavy atom. The highest BCUT2D eigenvalue weighted by atomic mass is 16.5. The van der Waals surface area contributed by atoms with Crippen LogP contribution in [-0.4, -0.2) is 41.7 Å². The summed E-state index contributed by atoms with van der Waals surface area (Å²) in [6.07, 6.45) is 3.24. The third kappa shape index (κ3) is 2.23. The maximum absolute atomic E-state index is 12.8. The first-order chi connectivity index (χ1) is 12.6. The van der Waals surface area contributed by atoms with E-state index in [0.717, 1.165) is 36.4 Å². The molecule has 4 aliphatic rings. The van der Waals surface area contributed by atoms with Crippen LogP contribution in [0.4, 0.5) is 5.69 Å². The van der Waals surface area contributed by atoms with Gasteiger partial charge < -0.3 is 15.0 Å². The molecule has 1 aliphatic heterocycles. The summed E-state index contributed by atoms with van der Waals surface area (Å²) in [6.45, 7) is 0.101. The van der Waals surface area contributed by atoms with E-state index in [9.17, 15) is 9.59 Å². The number of carbonyl (C=O) groups is 2. The summed E-state index contributed by atoms with van der Waals surface area (Å²) in [4.78, 5) is 27.1. The quantitative estimate of drug-likeness (QED) is 0.860. The number of anilines is 1. The van der Waals surface area contributed by atoms with Crippen molar-refractivity contribution in [2.75, 3.05) is 18.6 Å². The number of H-pyrrole nitrogens is 1. The molecule has 6 rings (SSSR count). The molecule has 3 aliphatic carbocycles. The number of amides is 2. The molecule has 1 aromatic carbocycles. The van der Waals surface area contributed by atoms with Gasteiger partial charge in [0.15, 0.2) is 5.69 Å². The Hall–Kier alpha value is -2.83. The van der Waals surface area contributed by atoms with Gasteiger partial charge in [-0.1, -0.05) is 12.1 Å². The van der Waals surface area contributed by atoms with Crippen molar-refractivity contribution in [3.63, 3.8) is 0 Å². The minimum absolute atomic E-state index is 0.101. The maximum atomic E-state index is 12.8. The van der Waals surface area contributed by atoms with Gasteiger partial charge in [-0.15, -0.1) is 0 Å². The molecular weight excluding hydrogens is 332 g/mol. The summed E-state index contributed by atoms with van der Waals surface area (Å²) in [7, 11) is 1.69. The van der Waals surface area contributed by atoms with Crippen molar-refractivity contribution in [3.05, 3.63) is 41.2 Å². The van der Waals surface area contributed by atoms with E-state index in [2.05, 4.69) is 15.5 Å². The molecule has 2 aromatic rings. The van der Waals surface area contributed by atoms with Crippen molar-refractivity contribution in [1.29, 1.82) is 0 Å². The molecule has 26 heavy (non-hydrogen) atoms. The summed E-state index contributed by atoms with van der Waals surface area (Å²) in [5.74, 6) is 1.28. The number of hydrogen-bond acceptors (Lipinski definition) is 4. The topological polar surface area (TPSA) is 87.3 Å². The molecule has 1 fully saturated rings. The van der Waals surface area contributed by atoms with Crippen molar-refractivity contribution in [2.45, 2.75) is 31.2 Å². The van der Waals surface area contributed by atoms with Gasteiger partial charge in [0.1, 0.15) is 18.4 Å². The van der Waals surface area contributed by atoms with E-state index in [1.165, 1.54) is 4.90 Å². The average molecular weight is 352 g/mol. The van der Waals surface area contributed by atoms with E-state index >= 15 is 0 Å². The van der Waals surface area contributed by atoms with Crippen LogP contribution in [0.3, 0.4) is 0 Å². The number of nitrogens with zero attached hydrogens (tertiary/aromatic N) is 2. The number of rotatable bonds is 2. The van der Waals surface area contributed by atoms with Crippen LogP contribution in [0.2, 0.25) is 0 Å². The molecule has 0 spiro atoms. The molecule has 2 bridgehead atoms. The Labute approximate surface area is 150 Å². The van der Waals surface area contributed by atoms with Crippen molar-refractivity contribution < 1.29 is 14.3 Å². The summed E-state index contributed by atoms with van der Waals surface area (Å²) in [5.41, 5.74) is 3.26. The lowest BCUT2D eigenvalue weighted by molar-refractivity contribution is -0.120. The number of para-hydroxylation sites is 2. The van der Waals surface area contributed by atoms with Crippen molar-refractivity contribution >= 4 is 17.5 Å². The van der Waals surface area contributed by atoms with Gasteiger partial charge in [-0.05, 0) is 43.2 Å². The lowest BCUT2D eigenvalue weighted by Crippen LogP contribution is -2.49. The fraction of sp³-hybridized carbons (Fsp3) is 0.421. The zero-order valence-corrected chi connectivity index (χ0v) is 14.5. The van der Waals surface area contributed by atoms with Gasteiger partial charge in [0, 0.05) is 18.3 Å². The molecule has 1 atom stereocenters. The van der Waals surface area contributed by atoms with E-state index < -0.39 is 6.04 Å². The van der Waals surface area contributed by atoms with Gasteiger partial charge in [0.25, 0.3) is 11.8 Å². The second kappa shape index (κ2) is 5.59. The molecule has 2 amide bonds. The number of hydrogen-bond donors (Lipinski definition) is 2. The van der Waals surface area contributed by atoms with E-state index in [-0.39, 0.29) is 18.4 Å². The Morgan fingerprint density at radius 3 is 3.00 bits per heavy atom. The molecule has 0 saturated heterocycles. The van der Waals surface area contributed by atoms with E-state index in [1.54, 1.807) is 7.05 Å². The number of aromatic nitrogens is 2. The smallest absolute Gasteiger partial charge is 0.272 e. The molecule has 1 aromatic heterocycles. The number of benzene rings is 1. The number of nitrogens with one attached hydrogen (secondary N) is 2. The van der Waals surface area contributed by atoms with Crippen molar-refractivity contribution in [2.24, 2.45) is 5.92 Å². The highest BCUT2D eigenvalue weighted by Crippen LogP contribution is 2.50. The van der Waals surface area contributed by atoms with Crippen LogP contribution >= 0.6 is 0 Å². The first-order valence-corrected chi connectivity index (χ1v) is 8.99. The summed E-state index contributed by atoms with van der Waals surface area (Å²) in [5, 5.41) is 10.1. The van der Waals surface area contributed by atoms with E-state index in [4.69, 9.17) is 4.74 Å². The van der Waals surface area contributed by atoms with Crippen molar-refractivity contribution in [3.8, 4) is 5.75 Å². The minimum Gasteiger partial charge on any atom is -0.489 e. The van der Waals surface area contributed by atoms with E-state index in [1.807, 2.05) is 24.3 Å². The SMILES string of the molecule is CN1C(=O)[C@@H](NC(=O)c2n[nH]c3c2C2CC(C3)C2)COc2ccccc21. The number of likely N-dealkylation sites (N-methyl/N-ethyl adjacent to an activating group) is 1. The zero-order chi connectivity index (χ0) is 17.8.